The number of rotatable bonds is 3. The number of carbonyl (C=O) groups excluding carboxylic acids is 1. The first kappa shape index (κ1) is 10.1. The molecule has 2 rings (SSSR count). The lowest BCUT2D eigenvalue weighted by atomic mass is 10.0. The molecule has 1 aliphatic rings. The molecule has 0 radical (unpaired) electrons. The minimum absolute atomic E-state index is 0.0461. The number of hydrogen-bond donors (Lipinski definition) is 2. The molecule has 0 aliphatic carbocycles. The minimum Gasteiger partial charge on any atom is -0.293 e. The van der Waals surface area contributed by atoms with Crippen molar-refractivity contribution < 1.29 is 4.79 Å². The number of nitrogens with one attached hydrogen (secondary N) is 1. The third kappa shape index (κ3) is 2.16. The minimum atomic E-state index is -0.0859. The molecule has 0 unspecified atom stereocenters. The van der Waals surface area contributed by atoms with Gasteiger partial charge in [0.1, 0.15) is 0 Å². The Balaban J connectivity index is 1.94. The van der Waals surface area contributed by atoms with Crippen molar-refractivity contribution in [2.45, 2.75) is 19.0 Å². The summed E-state index contributed by atoms with van der Waals surface area (Å²) in [6.07, 6.45) is 0.899. The van der Waals surface area contributed by atoms with Crippen LogP contribution in [0.1, 0.15) is 12.0 Å². The van der Waals surface area contributed by atoms with Crippen LogP contribution in [0.3, 0.4) is 0 Å². The van der Waals surface area contributed by atoms with Crippen molar-refractivity contribution in [3.05, 3.63) is 35.9 Å². The van der Waals surface area contributed by atoms with Crippen LogP contribution in [0.15, 0.2) is 30.3 Å². The van der Waals surface area contributed by atoms with Crippen LogP contribution in [0.25, 0.3) is 0 Å². The Morgan fingerprint density at radius 3 is 2.73 bits per heavy atom. The predicted octanol–water partition coefficient (Wildman–Crippen LogP) is 0.251. The second-order valence-corrected chi connectivity index (χ2v) is 3.77. The first-order valence-corrected chi connectivity index (χ1v) is 5.09. The average molecular weight is 205 g/mol. The summed E-state index contributed by atoms with van der Waals surface area (Å²) in [4.78, 5) is 13.4. The Labute approximate surface area is 89.0 Å². The van der Waals surface area contributed by atoms with E-state index in [4.69, 9.17) is 5.84 Å². The van der Waals surface area contributed by atoms with E-state index in [1.165, 1.54) is 5.56 Å². The van der Waals surface area contributed by atoms with Crippen molar-refractivity contribution in [2.24, 2.45) is 5.84 Å². The van der Waals surface area contributed by atoms with E-state index in [1.54, 1.807) is 0 Å². The van der Waals surface area contributed by atoms with Crippen molar-refractivity contribution >= 4 is 5.91 Å². The Hall–Kier alpha value is -1.39. The highest BCUT2D eigenvalue weighted by atomic mass is 16.2. The van der Waals surface area contributed by atoms with Gasteiger partial charge in [0.25, 0.3) is 5.91 Å². The smallest absolute Gasteiger partial charge is 0.251 e. The van der Waals surface area contributed by atoms with Gasteiger partial charge < -0.3 is 0 Å². The third-order valence-electron chi connectivity index (χ3n) is 2.80. The maximum atomic E-state index is 11.3. The summed E-state index contributed by atoms with van der Waals surface area (Å²) in [5, 5.41) is 0. The monoisotopic (exact) mass is 205 g/mol. The van der Waals surface area contributed by atoms with Gasteiger partial charge in [0.05, 0.1) is 6.04 Å². The third-order valence-corrected chi connectivity index (χ3v) is 2.80. The molecule has 80 valence electrons. The molecule has 0 saturated carbocycles. The first-order valence-electron chi connectivity index (χ1n) is 5.09. The van der Waals surface area contributed by atoms with Crippen molar-refractivity contribution in [3.8, 4) is 0 Å². The highest BCUT2D eigenvalue weighted by molar-refractivity contribution is 5.82. The van der Waals surface area contributed by atoms with E-state index in [1.807, 2.05) is 18.2 Å². The van der Waals surface area contributed by atoms with Gasteiger partial charge >= 0.3 is 0 Å². The average Bonchev–Trinajstić information content (AvgIpc) is 2.25. The number of hydrogen-bond acceptors (Lipinski definition) is 3. The van der Waals surface area contributed by atoms with Crippen molar-refractivity contribution in [1.29, 1.82) is 0 Å². The van der Waals surface area contributed by atoms with E-state index in [-0.39, 0.29) is 11.9 Å². The first-order chi connectivity index (χ1) is 7.31. The van der Waals surface area contributed by atoms with E-state index in [2.05, 4.69) is 22.5 Å². The van der Waals surface area contributed by atoms with Gasteiger partial charge in [0.15, 0.2) is 0 Å². The van der Waals surface area contributed by atoms with E-state index in [0.29, 0.717) is 0 Å². The molecule has 0 spiro atoms. The van der Waals surface area contributed by atoms with Gasteiger partial charge in [-0.25, -0.2) is 5.84 Å². The zero-order chi connectivity index (χ0) is 10.7. The van der Waals surface area contributed by atoms with Crippen LogP contribution in [0, 0.1) is 0 Å². The second-order valence-electron chi connectivity index (χ2n) is 3.77. The summed E-state index contributed by atoms with van der Waals surface area (Å²) in [7, 11) is 0. The quantitative estimate of drug-likeness (QED) is 0.422. The number of nitrogens with zero attached hydrogens (tertiary/aromatic N) is 1. The van der Waals surface area contributed by atoms with Gasteiger partial charge in [-0.3, -0.25) is 15.1 Å². The fourth-order valence-electron chi connectivity index (χ4n) is 1.84. The summed E-state index contributed by atoms with van der Waals surface area (Å²) in [6, 6.07) is 10.1. The Bertz CT molecular complexity index is 339. The number of hydrazine groups is 1. The molecule has 1 atom stereocenters. The van der Waals surface area contributed by atoms with Gasteiger partial charge in [0.2, 0.25) is 0 Å². The highest BCUT2D eigenvalue weighted by Crippen LogP contribution is 2.20. The molecule has 4 nitrogen and oxygen atoms in total. The summed E-state index contributed by atoms with van der Waals surface area (Å²) in [5.74, 6) is 5.03. The molecular formula is C11H15N3O. The van der Waals surface area contributed by atoms with E-state index in [9.17, 15) is 4.79 Å². The van der Waals surface area contributed by atoms with Crippen LogP contribution in [0.5, 0.6) is 0 Å². The Morgan fingerprint density at radius 1 is 1.47 bits per heavy atom. The number of nitrogens with two attached hydrogens (primary N) is 1. The maximum Gasteiger partial charge on any atom is 0.251 e. The molecule has 1 aromatic rings. The molecular weight excluding hydrogens is 190 g/mol. The van der Waals surface area contributed by atoms with E-state index >= 15 is 0 Å². The Morgan fingerprint density at radius 2 is 2.20 bits per heavy atom. The lowest BCUT2D eigenvalue weighted by Gasteiger charge is -2.39. The molecule has 1 aromatic carbocycles. The number of carbonyl (C=O) groups is 1. The molecule has 1 fully saturated rings. The van der Waals surface area contributed by atoms with Crippen LogP contribution in [0.4, 0.5) is 0 Å². The highest BCUT2D eigenvalue weighted by Gasteiger charge is 2.33. The molecule has 1 saturated heterocycles. The van der Waals surface area contributed by atoms with Crippen molar-refractivity contribution in [3.63, 3.8) is 0 Å². The second kappa shape index (κ2) is 4.42. The van der Waals surface area contributed by atoms with Crippen LogP contribution in [0.2, 0.25) is 0 Å². The van der Waals surface area contributed by atoms with E-state index in [0.717, 1.165) is 19.5 Å². The topological polar surface area (TPSA) is 58.4 Å². The van der Waals surface area contributed by atoms with Gasteiger partial charge in [-0.05, 0) is 12.0 Å². The van der Waals surface area contributed by atoms with Crippen LogP contribution in [-0.2, 0) is 11.3 Å². The summed E-state index contributed by atoms with van der Waals surface area (Å²) >= 11 is 0. The summed E-state index contributed by atoms with van der Waals surface area (Å²) in [6.45, 7) is 1.78. The molecule has 15 heavy (non-hydrogen) atoms. The van der Waals surface area contributed by atoms with Gasteiger partial charge in [-0.15, -0.1) is 0 Å². The van der Waals surface area contributed by atoms with Gasteiger partial charge in [-0.2, -0.15) is 0 Å². The summed E-state index contributed by atoms with van der Waals surface area (Å²) < 4.78 is 0. The molecule has 3 N–H and O–H groups in total. The normalized spacial score (nSPS) is 20.7. The van der Waals surface area contributed by atoms with E-state index < -0.39 is 0 Å². The molecule has 1 heterocycles. The molecule has 1 aliphatic heterocycles. The van der Waals surface area contributed by atoms with Crippen molar-refractivity contribution in [2.75, 3.05) is 6.54 Å². The fourth-order valence-corrected chi connectivity index (χ4v) is 1.84. The lowest BCUT2D eigenvalue weighted by molar-refractivity contribution is -0.131. The molecule has 1 amide bonds. The van der Waals surface area contributed by atoms with Gasteiger partial charge in [0, 0.05) is 13.1 Å². The SMILES string of the molecule is NNC(=O)[C@@H]1CCN1Cc1ccccc1. The Kier molecular flexibility index (Phi) is 2.99. The fraction of sp³-hybridized carbons (Fsp3) is 0.364. The van der Waals surface area contributed by atoms with Crippen LogP contribution < -0.4 is 11.3 Å². The zero-order valence-corrected chi connectivity index (χ0v) is 8.52. The summed E-state index contributed by atoms with van der Waals surface area (Å²) in [5.41, 5.74) is 3.43. The maximum absolute atomic E-state index is 11.3. The van der Waals surface area contributed by atoms with Gasteiger partial charge in [-0.1, -0.05) is 30.3 Å². The lowest BCUT2D eigenvalue weighted by Crippen LogP contribution is -2.56. The standard InChI is InChI=1S/C11H15N3O/c12-13-11(15)10-6-7-14(10)8-9-4-2-1-3-5-9/h1-5,10H,6-8,12H2,(H,13,15)/t10-/m0/s1. The predicted molar refractivity (Wildman–Crippen MR) is 57.6 cm³/mol. The van der Waals surface area contributed by atoms with Crippen LogP contribution >= 0.6 is 0 Å². The van der Waals surface area contributed by atoms with Crippen LogP contribution in [-0.4, -0.2) is 23.4 Å². The molecule has 0 bridgehead atoms. The largest absolute Gasteiger partial charge is 0.293 e. The molecule has 0 aromatic heterocycles. The number of benzene rings is 1. The molecule has 4 heteroatoms. The number of likely N-dealkylation sites (tertiary alicyclic amines) is 1. The van der Waals surface area contributed by atoms with Crippen molar-refractivity contribution in [1.82, 2.24) is 10.3 Å². The zero-order valence-electron chi connectivity index (χ0n) is 8.52. The number of amides is 1.